The first-order valence-electron chi connectivity index (χ1n) is 10.9. The number of rotatable bonds is 13. The zero-order chi connectivity index (χ0) is 21.6. The molecule has 0 aliphatic heterocycles. The number of ether oxygens (including phenoxy) is 1. The molecule has 2 aromatic carbocycles. The standard InChI is InChI=1S/C25H34N2O3/c1-3-12-24(28)27(20-22-15-9-6-10-16-22)23(19-21-13-7-5-8-14-21)25(29)26-17-11-18-30-4-2/h5-10,13-16,23H,3-4,11-12,17-20H2,1-2H3,(H,26,29)/t23-/m0/s1. The van der Waals surface area contributed by atoms with E-state index in [1.807, 2.05) is 74.5 Å². The number of benzene rings is 2. The molecule has 1 N–H and O–H groups in total. The SMILES string of the molecule is CCCC(=O)N(Cc1ccccc1)[C@@H](Cc1ccccc1)C(=O)NCCCOCC. The van der Waals surface area contributed by atoms with Gasteiger partial charge in [-0.15, -0.1) is 0 Å². The molecule has 30 heavy (non-hydrogen) atoms. The quantitative estimate of drug-likeness (QED) is 0.508. The van der Waals surface area contributed by atoms with Crippen LogP contribution in [0, 0.1) is 0 Å². The summed E-state index contributed by atoms with van der Waals surface area (Å²) in [7, 11) is 0. The number of carbonyl (C=O) groups is 2. The lowest BCUT2D eigenvalue weighted by atomic mass is 10.0. The van der Waals surface area contributed by atoms with E-state index in [1.165, 1.54) is 0 Å². The van der Waals surface area contributed by atoms with Gasteiger partial charge < -0.3 is 15.0 Å². The van der Waals surface area contributed by atoms with Gasteiger partial charge in [0.2, 0.25) is 11.8 Å². The summed E-state index contributed by atoms with van der Waals surface area (Å²) in [4.78, 5) is 27.9. The molecule has 0 aliphatic carbocycles. The Hall–Kier alpha value is -2.66. The topological polar surface area (TPSA) is 58.6 Å². The fourth-order valence-corrected chi connectivity index (χ4v) is 3.34. The Morgan fingerprint density at radius 1 is 0.967 bits per heavy atom. The second kappa shape index (κ2) is 13.5. The molecule has 0 fully saturated rings. The third-order valence-electron chi connectivity index (χ3n) is 4.90. The highest BCUT2D eigenvalue weighted by atomic mass is 16.5. The largest absolute Gasteiger partial charge is 0.382 e. The number of amides is 2. The predicted molar refractivity (Wildman–Crippen MR) is 120 cm³/mol. The Balaban J connectivity index is 2.21. The summed E-state index contributed by atoms with van der Waals surface area (Å²) in [6, 6.07) is 19.2. The molecular weight excluding hydrogens is 376 g/mol. The van der Waals surface area contributed by atoms with Crippen LogP contribution in [0.15, 0.2) is 60.7 Å². The Labute approximate surface area is 180 Å². The lowest BCUT2D eigenvalue weighted by Crippen LogP contribution is -2.50. The van der Waals surface area contributed by atoms with E-state index in [9.17, 15) is 9.59 Å². The molecule has 0 bridgehead atoms. The third-order valence-corrected chi connectivity index (χ3v) is 4.90. The minimum atomic E-state index is -0.557. The van der Waals surface area contributed by atoms with E-state index in [-0.39, 0.29) is 11.8 Å². The second-order valence-corrected chi connectivity index (χ2v) is 7.30. The van der Waals surface area contributed by atoms with E-state index < -0.39 is 6.04 Å². The van der Waals surface area contributed by atoms with Gasteiger partial charge in [0, 0.05) is 39.1 Å². The summed E-state index contributed by atoms with van der Waals surface area (Å²) >= 11 is 0. The van der Waals surface area contributed by atoms with Crippen LogP contribution in [0.1, 0.15) is 44.2 Å². The van der Waals surface area contributed by atoms with Gasteiger partial charge in [-0.2, -0.15) is 0 Å². The van der Waals surface area contributed by atoms with Crippen molar-refractivity contribution in [2.45, 2.75) is 52.1 Å². The summed E-state index contributed by atoms with van der Waals surface area (Å²) in [5.74, 6) is -0.109. The molecule has 2 aromatic rings. The van der Waals surface area contributed by atoms with Crippen molar-refractivity contribution in [1.29, 1.82) is 0 Å². The molecule has 5 nitrogen and oxygen atoms in total. The Morgan fingerprint density at radius 2 is 1.60 bits per heavy atom. The van der Waals surface area contributed by atoms with Crippen molar-refractivity contribution in [2.24, 2.45) is 0 Å². The van der Waals surface area contributed by atoms with Crippen molar-refractivity contribution in [2.75, 3.05) is 19.8 Å². The van der Waals surface area contributed by atoms with Gasteiger partial charge in [-0.05, 0) is 30.9 Å². The van der Waals surface area contributed by atoms with Crippen molar-refractivity contribution in [3.8, 4) is 0 Å². The Morgan fingerprint density at radius 3 is 2.20 bits per heavy atom. The maximum Gasteiger partial charge on any atom is 0.243 e. The minimum Gasteiger partial charge on any atom is -0.382 e. The zero-order valence-corrected chi connectivity index (χ0v) is 18.2. The van der Waals surface area contributed by atoms with Gasteiger partial charge in [0.25, 0.3) is 0 Å². The molecule has 2 amide bonds. The van der Waals surface area contributed by atoms with Gasteiger partial charge in [0.1, 0.15) is 6.04 Å². The van der Waals surface area contributed by atoms with Crippen LogP contribution in [0.4, 0.5) is 0 Å². The molecule has 5 heteroatoms. The van der Waals surface area contributed by atoms with E-state index >= 15 is 0 Å². The summed E-state index contributed by atoms with van der Waals surface area (Å²) in [6.07, 6.45) is 2.41. The Kier molecular flexibility index (Phi) is 10.7. The molecule has 0 saturated carbocycles. The van der Waals surface area contributed by atoms with E-state index in [4.69, 9.17) is 4.74 Å². The highest BCUT2D eigenvalue weighted by Crippen LogP contribution is 2.16. The molecule has 162 valence electrons. The fourth-order valence-electron chi connectivity index (χ4n) is 3.34. The third kappa shape index (κ3) is 7.99. The van der Waals surface area contributed by atoms with Crippen LogP contribution in [-0.2, 0) is 27.3 Å². The average Bonchev–Trinajstić information content (AvgIpc) is 2.77. The summed E-state index contributed by atoms with van der Waals surface area (Å²) in [5, 5.41) is 3.01. The second-order valence-electron chi connectivity index (χ2n) is 7.30. The highest BCUT2D eigenvalue weighted by molar-refractivity contribution is 5.88. The summed E-state index contributed by atoms with van der Waals surface area (Å²) in [6.45, 7) is 6.17. The maximum absolute atomic E-state index is 13.2. The molecule has 0 unspecified atom stereocenters. The lowest BCUT2D eigenvalue weighted by Gasteiger charge is -2.31. The molecule has 1 atom stereocenters. The number of hydrogen-bond donors (Lipinski definition) is 1. The Bertz CT molecular complexity index is 750. The van der Waals surface area contributed by atoms with Crippen LogP contribution in [0.3, 0.4) is 0 Å². The van der Waals surface area contributed by atoms with Gasteiger partial charge in [0.15, 0.2) is 0 Å². The first-order valence-corrected chi connectivity index (χ1v) is 10.9. The monoisotopic (exact) mass is 410 g/mol. The first-order chi connectivity index (χ1) is 14.7. The minimum absolute atomic E-state index is 0.00625. The summed E-state index contributed by atoms with van der Waals surface area (Å²) in [5.41, 5.74) is 2.05. The van der Waals surface area contributed by atoms with Crippen LogP contribution < -0.4 is 5.32 Å². The molecular formula is C25H34N2O3. The van der Waals surface area contributed by atoms with Gasteiger partial charge >= 0.3 is 0 Å². The van der Waals surface area contributed by atoms with Crippen molar-refractivity contribution in [3.05, 3.63) is 71.8 Å². The summed E-state index contributed by atoms with van der Waals surface area (Å²) < 4.78 is 5.35. The number of nitrogens with zero attached hydrogens (tertiary/aromatic N) is 1. The van der Waals surface area contributed by atoms with E-state index in [0.29, 0.717) is 39.1 Å². The molecule has 0 aliphatic rings. The van der Waals surface area contributed by atoms with E-state index in [2.05, 4.69) is 5.32 Å². The van der Waals surface area contributed by atoms with Gasteiger partial charge in [-0.3, -0.25) is 9.59 Å². The maximum atomic E-state index is 13.2. The number of carbonyl (C=O) groups excluding carboxylic acids is 2. The van der Waals surface area contributed by atoms with Gasteiger partial charge in [-0.1, -0.05) is 67.6 Å². The molecule has 0 heterocycles. The zero-order valence-electron chi connectivity index (χ0n) is 18.2. The van der Waals surface area contributed by atoms with Crippen LogP contribution >= 0.6 is 0 Å². The molecule has 0 aromatic heterocycles. The van der Waals surface area contributed by atoms with Crippen LogP contribution in [0.2, 0.25) is 0 Å². The van der Waals surface area contributed by atoms with Gasteiger partial charge in [0.05, 0.1) is 0 Å². The van der Waals surface area contributed by atoms with Crippen molar-refractivity contribution in [3.63, 3.8) is 0 Å². The van der Waals surface area contributed by atoms with Crippen molar-refractivity contribution >= 4 is 11.8 Å². The fraction of sp³-hybridized carbons (Fsp3) is 0.440. The molecule has 0 radical (unpaired) electrons. The van der Waals surface area contributed by atoms with E-state index in [0.717, 1.165) is 24.0 Å². The smallest absolute Gasteiger partial charge is 0.243 e. The van der Waals surface area contributed by atoms with Crippen LogP contribution in [0.5, 0.6) is 0 Å². The molecule has 0 saturated heterocycles. The molecule has 0 spiro atoms. The molecule has 2 rings (SSSR count). The van der Waals surface area contributed by atoms with Crippen LogP contribution in [-0.4, -0.2) is 42.5 Å². The first kappa shape index (κ1) is 23.6. The van der Waals surface area contributed by atoms with Crippen molar-refractivity contribution < 1.29 is 14.3 Å². The van der Waals surface area contributed by atoms with Gasteiger partial charge in [-0.25, -0.2) is 0 Å². The predicted octanol–water partition coefficient (Wildman–Crippen LogP) is 3.97. The van der Waals surface area contributed by atoms with Crippen LogP contribution in [0.25, 0.3) is 0 Å². The van der Waals surface area contributed by atoms with Crippen molar-refractivity contribution in [1.82, 2.24) is 10.2 Å². The number of nitrogens with one attached hydrogen (secondary N) is 1. The lowest BCUT2D eigenvalue weighted by molar-refractivity contribution is -0.141. The van der Waals surface area contributed by atoms with E-state index in [1.54, 1.807) is 4.90 Å². The number of hydrogen-bond acceptors (Lipinski definition) is 3. The highest BCUT2D eigenvalue weighted by Gasteiger charge is 2.29. The normalized spacial score (nSPS) is 11.7. The average molecular weight is 411 g/mol.